The van der Waals surface area contributed by atoms with Crippen molar-refractivity contribution in [1.82, 2.24) is 20.1 Å². The number of aromatic amines is 1. The van der Waals surface area contributed by atoms with Crippen LogP contribution in [0.2, 0.25) is 0 Å². The van der Waals surface area contributed by atoms with E-state index in [1.807, 2.05) is 0 Å². The molecule has 0 amide bonds. The van der Waals surface area contributed by atoms with Crippen LogP contribution >= 0.6 is 0 Å². The molecule has 2 fully saturated rings. The number of hydrogen-bond donors (Lipinski definition) is 1. The predicted molar refractivity (Wildman–Crippen MR) is 77.4 cm³/mol. The summed E-state index contributed by atoms with van der Waals surface area (Å²) in [4.78, 5) is 7.08. The first kappa shape index (κ1) is 14.0. The number of likely N-dealkylation sites (tertiary alicyclic amines) is 1. The Morgan fingerprint density at radius 3 is 2.90 bits per heavy atom. The number of H-pyrrole nitrogens is 1. The Balaban J connectivity index is 1.51. The first-order valence-corrected chi connectivity index (χ1v) is 7.85. The monoisotopic (exact) mass is 278 g/mol. The maximum atomic E-state index is 5.70. The van der Waals surface area contributed by atoms with Crippen molar-refractivity contribution in [1.29, 1.82) is 0 Å². The third-order valence-electron chi connectivity index (χ3n) is 4.68. The van der Waals surface area contributed by atoms with Crippen LogP contribution in [0.3, 0.4) is 0 Å². The van der Waals surface area contributed by atoms with Crippen LogP contribution in [0.1, 0.15) is 57.6 Å². The van der Waals surface area contributed by atoms with Gasteiger partial charge in [-0.2, -0.15) is 5.10 Å². The predicted octanol–water partition coefficient (Wildman–Crippen LogP) is 2.32. The summed E-state index contributed by atoms with van der Waals surface area (Å²) in [5.41, 5.74) is 0.529. The van der Waals surface area contributed by atoms with E-state index in [1.165, 1.54) is 32.4 Å². The molecule has 2 aliphatic rings. The molecule has 1 aromatic rings. The molecular formula is C15H26N4O. The Kier molecular flexibility index (Phi) is 3.82. The van der Waals surface area contributed by atoms with E-state index in [1.54, 1.807) is 0 Å². The Hall–Kier alpha value is -0.940. The van der Waals surface area contributed by atoms with E-state index in [0.29, 0.717) is 17.4 Å². The summed E-state index contributed by atoms with van der Waals surface area (Å²) in [6.45, 7) is 10.5. The number of nitrogens with one attached hydrogen (secondary N) is 1. The van der Waals surface area contributed by atoms with Crippen molar-refractivity contribution in [2.45, 2.75) is 58.6 Å². The van der Waals surface area contributed by atoms with Gasteiger partial charge in [-0.05, 0) is 38.1 Å². The van der Waals surface area contributed by atoms with Gasteiger partial charge in [-0.25, -0.2) is 4.98 Å². The molecule has 1 saturated carbocycles. The molecule has 20 heavy (non-hydrogen) atoms. The van der Waals surface area contributed by atoms with Gasteiger partial charge in [0, 0.05) is 19.1 Å². The normalized spacial score (nSPS) is 30.3. The van der Waals surface area contributed by atoms with Crippen LogP contribution in [-0.2, 0) is 11.3 Å². The van der Waals surface area contributed by atoms with Crippen molar-refractivity contribution in [2.75, 3.05) is 19.7 Å². The van der Waals surface area contributed by atoms with Crippen LogP contribution in [0, 0.1) is 5.41 Å². The highest BCUT2D eigenvalue weighted by Crippen LogP contribution is 2.49. The van der Waals surface area contributed by atoms with Crippen molar-refractivity contribution in [3.8, 4) is 0 Å². The summed E-state index contributed by atoms with van der Waals surface area (Å²) in [5.74, 6) is 2.32. The second-order valence-corrected chi connectivity index (χ2v) is 6.74. The third-order valence-corrected chi connectivity index (χ3v) is 4.68. The Morgan fingerprint density at radius 1 is 1.45 bits per heavy atom. The zero-order valence-corrected chi connectivity index (χ0v) is 12.9. The lowest BCUT2D eigenvalue weighted by Gasteiger charge is -2.44. The van der Waals surface area contributed by atoms with Crippen LogP contribution in [-0.4, -0.2) is 45.9 Å². The fourth-order valence-corrected chi connectivity index (χ4v) is 3.61. The van der Waals surface area contributed by atoms with Crippen molar-refractivity contribution < 1.29 is 4.74 Å². The largest absolute Gasteiger partial charge is 0.378 e. The maximum Gasteiger partial charge on any atom is 0.153 e. The summed E-state index contributed by atoms with van der Waals surface area (Å²) >= 11 is 0. The van der Waals surface area contributed by atoms with Gasteiger partial charge < -0.3 is 4.74 Å². The van der Waals surface area contributed by atoms with E-state index >= 15 is 0 Å². The molecule has 112 valence electrons. The number of nitrogens with zero attached hydrogens (tertiary/aromatic N) is 3. The number of ether oxygens (including phenoxy) is 1. The highest BCUT2D eigenvalue weighted by Gasteiger charge is 2.48. The summed E-state index contributed by atoms with van der Waals surface area (Å²) in [5, 5.41) is 7.36. The van der Waals surface area contributed by atoms with E-state index < -0.39 is 0 Å². The second kappa shape index (κ2) is 5.45. The Labute approximate surface area is 121 Å². The van der Waals surface area contributed by atoms with Gasteiger partial charge in [0.2, 0.25) is 0 Å². The highest BCUT2D eigenvalue weighted by molar-refractivity contribution is 5.02. The zero-order valence-electron chi connectivity index (χ0n) is 12.9. The molecule has 0 bridgehead atoms. The summed E-state index contributed by atoms with van der Waals surface area (Å²) < 4.78 is 5.70. The summed E-state index contributed by atoms with van der Waals surface area (Å²) in [6.07, 6.45) is 4.30. The molecule has 1 aliphatic heterocycles. The van der Waals surface area contributed by atoms with Gasteiger partial charge in [-0.15, -0.1) is 0 Å². The molecule has 0 radical (unpaired) electrons. The smallest absolute Gasteiger partial charge is 0.153 e. The molecule has 1 aliphatic carbocycles. The molecule has 3 rings (SSSR count). The SMILES string of the molecule is CCOC1CC2(CCN(Cc3nc(C(C)C)n[nH]3)C2)C1. The molecule has 0 atom stereocenters. The topological polar surface area (TPSA) is 54.0 Å². The van der Waals surface area contributed by atoms with Crippen molar-refractivity contribution in [2.24, 2.45) is 5.41 Å². The molecular weight excluding hydrogens is 252 g/mol. The highest BCUT2D eigenvalue weighted by atomic mass is 16.5. The van der Waals surface area contributed by atoms with E-state index in [9.17, 15) is 0 Å². The van der Waals surface area contributed by atoms with Crippen molar-refractivity contribution in [3.63, 3.8) is 0 Å². The fraction of sp³-hybridized carbons (Fsp3) is 0.867. The van der Waals surface area contributed by atoms with Crippen molar-refractivity contribution in [3.05, 3.63) is 11.6 Å². The molecule has 0 unspecified atom stereocenters. The zero-order chi connectivity index (χ0) is 14.2. The maximum absolute atomic E-state index is 5.70. The van der Waals surface area contributed by atoms with Gasteiger partial charge in [-0.1, -0.05) is 13.8 Å². The fourth-order valence-electron chi connectivity index (χ4n) is 3.61. The average molecular weight is 278 g/mol. The molecule has 1 N–H and O–H groups in total. The minimum atomic E-state index is 0.392. The minimum absolute atomic E-state index is 0.392. The minimum Gasteiger partial charge on any atom is -0.378 e. The van der Waals surface area contributed by atoms with E-state index in [-0.39, 0.29) is 0 Å². The Bertz CT molecular complexity index is 450. The van der Waals surface area contributed by atoms with Gasteiger partial charge in [-0.3, -0.25) is 10.00 Å². The molecule has 1 spiro atoms. The molecule has 0 aromatic carbocycles. The standard InChI is InChI=1S/C15H26N4O/c1-4-20-12-7-15(8-12)5-6-19(10-15)9-13-16-14(11(2)3)18-17-13/h11-12H,4-10H2,1-3H3,(H,16,17,18). The second-order valence-electron chi connectivity index (χ2n) is 6.74. The molecule has 1 saturated heterocycles. The first-order valence-electron chi connectivity index (χ1n) is 7.85. The van der Waals surface area contributed by atoms with Crippen LogP contribution in [0.5, 0.6) is 0 Å². The van der Waals surface area contributed by atoms with Gasteiger partial charge in [0.25, 0.3) is 0 Å². The number of aromatic nitrogens is 3. The summed E-state index contributed by atoms with van der Waals surface area (Å²) in [6, 6.07) is 0. The Morgan fingerprint density at radius 2 is 2.25 bits per heavy atom. The number of hydrogen-bond acceptors (Lipinski definition) is 4. The van der Waals surface area contributed by atoms with Crippen molar-refractivity contribution >= 4 is 0 Å². The summed E-state index contributed by atoms with van der Waals surface area (Å²) in [7, 11) is 0. The lowest BCUT2D eigenvalue weighted by Crippen LogP contribution is -2.44. The van der Waals surface area contributed by atoms with Crippen LogP contribution in [0.15, 0.2) is 0 Å². The van der Waals surface area contributed by atoms with Crippen LogP contribution < -0.4 is 0 Å². The van der Waals surface area contributed by atoms with Gasteiger partial charge in [0.1, 0.15) is 5.82 Å². The van der Waals surface area contributed by atoms with Gasteiger partial charge >= 0.3 is 0 Å². The number of rotatable bonds is 5. The van der Waals surface area contributed by atoms with E-state index in [4.69, 9.17) is 4.74 Å². The van der Waals surface area contributed by atoms with Crippen LogP contribution in [0.4, 0.5) is 0 Å². The lowest BCUT2D eigenvalue weighted by molar-refractivity contribution is -0.0719. The molecule has 2 heterocycles. The van der Waals surface area contributed by atoms with Crippen LogP contribution in [0.25, 0.3) is 0 Å². The average Bonchev–Trinajstić information content (AvgIpc) is 2.97. The molecule has 5 nitrogen and oxygen atoms in total. The van der Waals surface area contributed by atoms with Gasteiger partial charge in [0.15, 0.2) is 5.82 Å². The van der Waals surface area contributed by atoms with Gasteiger partial charge in [0.05, 0.1) is 12.6 Å². The van der Waals surface area contributed by atoms with E-state index in [0.717, 1.165) is 24.8 Å². The third kappa shape index (κ3) is 2.74. The molecule has 1 aromatic heterocycles. The lowest BCUT2D eigenvalue weighted by atomic mass is 9.66. The quantitative estimate of drug-likeness (QED) is 0.898. The first-order chi connectivity index (χ1) is 9.60. The van der Waals surface area contributed by atoms with E-state index in [2.05, 4.69) is 40.9 Å². The molecule has 5 heteroatoms.